The third-order valence-electron chi connectivity index (χ3n) is 1.32. The van der Waals surface area contributed by atoms with Gasteiger partial charge in [0.2, 0.25) is 0 Å². The van der Waals surface area contributed by atoms with Gasteiger partial charge in [-0.2, -0.15) is 0 Å². The molecule has 2 nitrogen and oxygen atoms in total. The summed E-state index contributed by atoms with van der Waals surface area (Å²) in [7, 11) is -1.18. The van der Waals surface area contributed by atoms with Crippen molar-refractivity contribution in [2.75, 3.05) is 0 Å². The van der Waals surface area contributed by atoms with E-state index in [2.05, 4.69) is 57.6 Å². The van der Waals surface area contributed by atoms with Crippen LogP contribution in [0.3, 0.4) is 0 Å². The molecule has 1 aromatic heterocycles. The minimum Gasteiger partial charge on any atom is -0.354 e. The number of imidazole rings is 1. The molecule has 0 amide bonds. The predicted octanol–water partition coefficient (Wildman–Crippen LogP) is 2.17. The Morgan fingerprint density at radius 2 is 2.10 bits per heavy atom. The van der Waals surface area contributed by atoms with E-state index in [-0.39, 0.29) is 0 Å². The van der Waals surface area contributed by atoms with Gasteiger partial charge in [0.25, 0.3) is 0 Å². The van der Waals surface area contributed by atoms with Crippen molar-refractivity contribution in [2.45, 2.75) is 19.6 Å². The average molecular weight is 266 g/mol. The fourth-order valence-corrected chi connectivity index (χ4v) is 4.40. The lowest BCUT2D eigenvalue weighted by atomic mass is 11.0. The topological polar surface area (TPSA) is 17.8 Å². The molecule has 0 saturated carbocycles. The van der Waals surface area contributed by atoms with Gasteiger partial charge in [-0.1, -0.05) is 19.6 Å². The molecule has 0 saturated heterocycles. The van der Waals surface area contributed by atoms with Crippen molar-refractivity contribution in [3.8, 4) is 0 Å². The highest BCUT2D eigenvalue weighted by Crippen LogP contribution is 2.10. The number of nitrogens with zero attached hydrogens (tertiary/aromatic N) is 2. The second-order valence-corrected chi connectivity index (χ2v) is 9.03. The minimum absolute atomic E-state index is 1.11. The third-order valence-corrected chi connectivity index (χ3v) is 4.38. The van der Waals surface area contributed by atoms with Crippen LogP contribution in [0.25, 0.3) is 0 Å². The summed E-state index contributed by atoms with van der Waals surface area (Å²) in [4.78, 5) is 4.17. The predicted molar refractivity (Wildman–Crippen MR) is 53.7 cm³/mol. The Hall–Kier alpha value is 0.157. The molecule has 0 atom stereocenters. The van der Waals surface area contributed by atoms with Crippen LogP contribution in [-0.4, -0.2) is 17.5 Å². The molecule has 4 heteroatoms. The first kappa shape index (κ1) is 8.26. The van der Waals surface area contributed by atoms with Crippen LogP contribution in [0.1, 0.15) is 0 Å². The van der Waals surface area contributed by atoms with Gasteiger partial charge >= 0.3 is 0 Å². The molecule has 0 aliphatic carbocycles. The van der Waals surface area contributed by atoms with Gasteiger partial charge in [-0.25, -0.2) is 4.98 Å². The van der Waals surface area contributed by atoms with E-state index in [4.69, 9.17) is 0 Å². The summed E-state index contributed by atoms with van der Waals surface area (Å²) in [5.74, 6) is 0. The van der Waals surface area contributed by atoms with E-state index in [1.165, 1.54) is 0 Å². The minimum atomic E-state index is -1.18. The van der Waals surface area contributed by atoms with Gasteiger partial charge < -0.3 is 4.23 Å². The maximum absolute atomic E-state index is 4.17. The van der Waals surface area contributed by atoms with Crippen LogP contribution in [0.4, 0.5) is 0 Å². The molecule has 0 aliphatic rings. The molecule has 0 radical (unpaired) electrons. The van der Waals surface area contributed by atoms with Gasteiger partial charge in [0.15, 0.2) is 12.1 Å². The highest BCUT2D eigenvalue weighted by molar-refractivity contribution is 14.1. The van der Waals surface area contributed by atoms with E-state index in [0.717, 1.165) is 3.83 Å². The van der Waals surface area contributed by atoms with Crippen LogP contribution in [0.5, 0.6) is 0 Å². The molecule has 0 bridgehead atoms. The van der Waals surface area contributed by atoms with E-state index in [9.17, 15) is 0 Å². The zero-order valence-corrected chi connectivity index (χ0v) is 9.58. The van der Waals surface area contributed by atoms with Gasteiger partial charge in [-0.15, -0.1) is 0 Å². The Bertz CT molecular complexity index is 226. The summed E-state index contributed by atoms with van der Waals surface area (Å²) < 4.78 is 3.39. The number of aromatic nitrogens is 2. The summed E-state index contributed by atoms with van der Waals surface area (Å²) in [6.45, 7) is 6.91. The van der Waals surface area contributed by atoms with E-state index in [1.807, 2.05) is 6.20 Å². The summed E-state index contributed by atoms with van der Waals surface area (Å²) in [5, 5.41) is 0. The molecule has 1 rings (SSSR count). The van der Waals surface area contributed by atoms with Crippen molar-refractivity contribution in [3.05, 3.63) is 16.2 Å². The quantitative estimate of drug-likeness (QED) is 0.562. The van der Waals surface area contributed by atoms with Gasteiger partial charge in [0.1, 0.15) is 0 Å². The van der Waals surface area contributed by atoms with Crippen LogP contribution in [0.15, 0.2) is 12.4 Å². The smallest absolute Gasteiger partial charge is 0.163 e. The maximum Gasteiger partial charge on any atom is 0.163 e. The Labute approximate surface area is 75.9 Å². The van der Waals surface area contributed by atoms with Crippen molar-refractivity contribution >= 4 is 30.8 Å². The first-order valence-electron chi connectivity index (χ1n) is 3.21. The van der Waals surface area contributed by atoms with Crippen molar-refractivity contribution in [3.63, 3.8) is 0 Å². The fourth-order valence-electron chi connectivity index (χ4n) is 0.786. The van der Waals surface area contributed by atoms with Crippen LogP contribution >= 0.6 is 22.6 Å². The third kappa shape index (κ3) is 1.60. The zero-order chi connectivity index (χ0) is 7.78. The first-order valence-corrected chi connectivity index (χ1v) is 7.74. The van der Waals surface area contributed by atoms with Crippen LogP contribution in [-0.2, 0) is 0 Å². The van der Waals surface area contributed by atoms with Crippen molar-refractivity contribution in [1.82, 2.24) is 9.22 Å². The van der Waals surface area contributed by atoms with Gasteiger partial charge in [-0.05, 0) is 22.6 Å². The fraction of sp³-hybridized carbons (Fsp3) is 0.500. The van der Waals surface area contributed by atoms with E-state index >= 15 is 0 Å². The molecule has 0 spiro atoms. The summed E-state index contributed by atoms with van der Waals surface area (Å²) in [6, 6.07) is 0. The molecule has 10 heavy (non-hydrogen) atoms. The maximum atomic E-state index is 4.17. The van der Waals surface area contributed by atoms with E-state index in [0.29, 0.717) is 0 Å². The Morgan fingerprint density at radius 3 is 2.30 bits per heavy atom. The zero-order valence-electron chi connectivity index (χ0n) is 6.43. The second kappa shape index (κ2) is 2.65. The summed E-state index contributed by atoms with van der Waals surface area (Å²) >= 11 is 2.27. The van der Waals surface area contributed by atoms with E-state index in [1.54, 1.807) is 0 Å². The first-order chi connectivity index (χ1) is 4.52. The lowest BCUT2D eigenvalue weighted by Crippen LogP contribution is -2.32. The molecule has 0 unspecified atom stereocenters. The lowest BCUT2D eigenvalue weighted by Gasteiger charge is -2.18. The number of hydrogen-bond donors (Lipinski definition) is 0. The average Bonchev–Trinajstić information content (AvgIpc) is 2.11. The molecule has 0 aliphatic heterocycles. The molecule has 0 N–H and O–H groups in total. The molecule has 1 heterocycles. The SMILES string of the molecule is C[Si](C)(C)n1ccnc1I. The molecular weight excluding hydrogens is 255 g/mol. The van der Waals surface area contributed by atoms with Crippen molar-refractivity contribution < 1.29 is 0 Å². The number of halogens is 1. The largest absolute Gasteiger partial charge is 0.354 e. The van der Waals surface area contributed by atoms with E-state index < -0.39 is 8.24 Å². The van der Waals surface area contributed by atoms with Gasteiger partial charge in [0.05, 0.1) is 0 Å². The Balaban J connectivity index is 3.05. The van der Waals surface area contributed by atoms with Crippen molar-refractivity contribution in [1.29, 1.82) is 0 Å². The molecule has 56 valence electrons. The standard InChI is InChI=1S/C6H11IN2Si/c1-10(2,3)9-5-4-8-6(9)7/h4-5H,1-3H3. The molecule has 0 aromatic carbocycles. The molecule has 0 fully saturated rings. The number of rotatable bonds is 1. The summed E-state index contributed by atoms with van der Waals surface area (Å²) in [6.07, 6.45) is 3.92. The normalized spacial score (nSPS) is 12.0. The van der Waals surface area contributed by atoms with Crippen LogP contribution < -0.4 is 0 Å². The Morgan fingerprint density at radius 1 is 1.50 bits per heavy atom. The molecule has 1 aromatic rings. The van der Waals surface area contributed by atoms with Crippen molar-refractivity contribution in [2.24, 2.45) is 0 Å². The van der Waals surface area contributed by atoms with Crippen LogP contribution in [0.2, 0.25) is 19.6 Å². The second-order valence-electron chi connectivity index (χ2n) is 3.24. The highest BCUT2D eigenvalue weighted by atomic mass is 127. The van der Waals surface area contributed by atoms with Gasteiger partial charge in [0, 0.05) is 12.4 Å². The lowest BCUT2D eigenvalue weighted by molar-refractivity contribution is 1.07. The molecular formula is C6H11IN2Si. The summed E-state index contributed by atoms with van der Waals surface area (Å²) in [5.41, 5.74) is 0. The van der Waals surface area contributed by atoms with Gasteiger partial charge in [-0.3, -0.25) is 0 Å². The van der Waals surface area contributed by atoms with Crippen LogP contribution in [0, 0.1) is 3.83 Å². The Kier molecular flexibility index (Phi) is 2.19. The highest BCUT2D eigenvalue weighted by Gasteiger charge is 2.17. The monoisotopic (exact) mass is 266 g/mol. The number of hydrogen-bond acceptors (Lipinski definition) is 1.